The van der Waals surface area contributed by atoms with E-state index in [1.807, 2.05) is 49.4 Å². The number of piperazine rings is 1. The number of phenolic OH excluding ortho intramolecular Hbond substituents is 1. The van der Waals surface area contributed by atoms with Crippen LogP contribution < -0.4 is 16.1 Å². The van der Waals surface area contributed by atoms with Crippen molar-refractivity contribution in [1.82, 2.24) is 26.0 Å². The number of carbonyl (C=O) groups is 3. The van der Waals surface area contributed by atoms with Crippen LogP contribution in [0.15, 0.2) is 84.9 Å². The third-order valence-corrected chi connectivity index (χ3v) is 7.63. The molecule has 0 radical (unpaired) electrons. The Balaban J connectivity index is 1.29. The van der Waals surface area contributed by atoms with Gasteiger partial charge < -0.3 is 15.7 Å². The maximum atomic E-state index is 13.2. The molecule has 4 aromatic carbocycles. The molecule has 2 atom stereocenters. The Morgan fingerprint density at radius 1 is 0.951 bits per heavy atom. The van der Waals surface area contributed by atoms with Crippen LogP contribution >= 0.6 is 0 Å². The second kappa shape index (κ2) is 10.8. The van der Waals surface area contributed by atoms with Crippen molar-refractivity contribution >= 4 is 28.7 Å². The number of aromatic hydroxyl groups is 1. The number of rotatable bonds is 6. The van der Waals surface area contributed by atoms with E-state index in [2.05, 4.69) is 46.4 Å². The van der Waals surface area contributed by atoms with Gasteiger partial charge in [0.2, 0.25) is 5.91 Å². The molecule has 2 heterocycles. The highest BCUT2D eigenvalue weighted by molar-refractivity contribution is 5.90. The number of amides is 5. The number of phenols is 1. The molecule has 208 valence electrons. The van der Waals surface area contributed by atoms with Gasteiger partial charge in [0.1, 0.15) is 12.3 Å². The number of nitrogens with one attached hydrogen (secondary N) is 3. The Bertz CT molecular complexity index is 1620. The minimum absolute atomic E-state index is 0.127. The summed E-state index contributed by atoms with van der Waals surface area (Å²) >= 11 is 0. The molecule has 2 aliphatic rings. The van der Waals surface area contributed by atoms with Gasteiger partial charge in [0.05, 0.1) is 6.04 Å². The highest BCUT2D eigenvalue weighted by atomic mass is 16.3. The normalized spacial score (nSPS) is 18.2. The largest absolute Gasteiger partial charge is 0.508 e. The quantitative estimate of drug-likeness (QED) is 0.292. The maximum absolute atomic E-state index is 13.2. The molecule has 4 N–H and O–H groups in total. The molecule has 41 heavy (non-hydrogen) atoms. The standard InChI is InChI=1S/C32H31N5O4/c1-20-7-12-27-24(13-20)15-23(16-25(27)14-21-8-10-26(38)11-9-21)17-28-30-36(19-29(39)34-28)32(41)35-37(30)31(40)33-18-22-5-3-2-4-6-22/h2-13,15-16,28,30,38H,14,17-19H2,1H3,(H,33,40)(H,34,39)(H,35,41). The van der Waals surface area contributed by atoms with Crippen molar-refractivity contribution in [1.29, 1.82) is 0 Å². The maximum Gasteiger partial charge on any atom is 0.338 e. The predicted molar refractivity (Wildman–Crippen MR) is 155 cm³/mol. The van der Waals surface area contributed by atoms with Gasteiger partial charge in [-0.1, -0.05) is 78.4 Å². The van der Waals surface area contributed by atoms with E-state index in [9.17, 15) is 19.5 Å². The lowest BCUT2D eigenvalue weighted by atomic mass is 9.92. The van der Waals surface area contributed by atoms with Gasteiger partial charge in [-0.05, 0) is 64.9 Å². The zero-order chi connectivity index (χ0) is 28.5. The number of hydrogen-bond donors (Lipinski definition) is 4. The van der Waals surface area contributed by atoms with Gasteiger partial charge in [-0.25, -0.2) is 20.0 Å². The van der Waals surface area contributed by atoms with Gasteiger partial charge in [0.25, 0.3) is 0 Å². The van der Waals surface area contributed by atoms with Crippen molar-refractivity contribution in [2.45, 2.75) is 38.5 Å². The summed E-state index contributed by atoms with van der Waals surface area (Å²) < 4.78 is 0. The molecule has 5 amide bonds. The second-order valence-electron chi connectivity index (χ2n) is 10.7. The molecule has 2 saturated heterocycles. The minimum Gasteiger partial charge on any atom is -0.508 e. The van der Waals surface area contributed by atoms with Gasteiger partial charge >= 0.3 is 12.1 Å². The van der Waals surface area contributed by atoms with E-state index >= 15 is 0 Å². The van der Waals surface area contributed by atoms with Gasteiger partial charge in [0.15, 0.2) is 6.17 Å². The molecule has 9 heteroatoms. The minimum atomic E-state index is -0.690. The first-order valence-corrected chi connectivity index (χ1v) is 13.6. The fourth-order valence-electron chi connectivity index (χ4n) is 5.71. The van der Waals surface area contributed by atoms with Crippen molar-refractivity contribution in [3.63, 3.8) is 0 Å². The number of fused-ring (bicyclic) bond motifs is 2. The van der Waals surface area contributed by atoms with Crippen LogP contribution in [0.5, 0.6) is 5.75 Å². The summed E-state index contributed by atoms with van der Waals surface area (Å²) in [5, 5.41) is 19.1. The van der Waals surface area contributed by atoms with Crippen LogP contribution in [0.1, 0.15) is 27.8 Å². The molecule has 2 aliphatic heterocycles. The van der Waals surface area contributed by atoms with E-state index in [0.29, 0.717) is 19.4 Å². The fourth-order valence-corrected chi connectivity index (χ4v) is 5.71. The van der Waals surface area contributed by atoms with Crippen LogP contribution in [-0.2, 0) is 24.2 Å². The Hall–Kier alpha value is -5.05. The van der Waals surface area contributed by atoms with E-state index in [-0.39, 0.29) is 18.2 Å². The molecule has 2 unspecified atom stereocenters. The number of nitrogens with zero attached hydrogens (tertiary/aromatic N) is 2. The number of carbonyl (C=O) groups excluding carboxylic acids is 3. The fraction of sp³-hybridized carbons (Fsp3) is 0.219. The molecule has 0 saturated carbocycles. The van der Waals surface area contributed by atoms with Crippen LogP contribution in [0.25, 0.3) is 10.8 Å². The lowest BCUT2D eigenvalue weighted by Crippen LogP contribution is -2.65. The van der Waals surface area contributed by atoms with Gasteiger partial charge in [-0.15, -0.1) is 0 Å². The van der Waals surface area contributed by atoms with Crippen LogP contribution in [0.4, 0.5) is 9.59 Å². The Labute approximate surface area is 237 Å². The summed E-state index contributed by atoms with van der Waals surface area (Å²) in [6, 6.07) is 25.8. The van der Waals surface area contributed by atoms with Gasteiger partial charge in [-0.2, -0.15) is 0 Å². The first kappa shape index (κ1) is 26.2. The Morgan fingerprint density at radius 2 is 1.73 bits per heavy atom. The van der Waals surface area contributed by atoms with E-state index < -0.39 is 24.3 Å². The zero-order valence-electron chi connectivity index (χ0n) is 22.6. The molecule has 9 nitrogen and oxygen atoms in total. The summed E-state index contributed by atoms with van der Waals surface area (Å²) in [4.78, 5) is 40.1. The third kappa shape index (κ3) is 5.51. The first-order chi connectivity index (χ1) is 19.8. The van der Waals surface area contributed by atoms with Crippen molar-refractivity contribution in [3.8, 4) is 5.75 Å². The van der Waals surface area contributed by atoms with Crippen LogP contribution in [-0.4, -0.2) is 51.7 Å². The zero-order valence-corrected chi connectivity index (χ0v) is 22.6. The summed E-state index contributed by atoms with van der Waals surface area (Å²) in [5.74, 6) is -0.0495. The van der Waals surface area contributed by atoms with Crippen molar-refractivity contribution < 1.29 is 19.5 Å². The van der Waals surface area contributed by atoms with E-state index in [1.54, 1.807) is 12.1 Å². The Kier molecular flexibility index (Phi) is 6.93. The second-order valence-corrected chi connectivity index (χ2v) is 10.7. The lowest BCUT2D eigenvalue weighted by Gasteiger charge is -2.38. The predicted octanol–water partition coefficient (Wildman–Crippen LogP) is 3.96. The average Bonchev–Trinajstić information content (AvgIpc) is 3.29. The molecule has 0 aromatic heterocycles. The molecular formula is C32H31N5O4. The van der Waals surface area contributed by atoms with Gasteiger partial charge in [-0.3, -0.25) is 9.69 Å². The summed E-state index contributed by atoms with van der Waals surface area (Å²) in [6.07, 6.45) is 0.384. The van der Waals surface area contributed by atoms with Crippen molar-refractivity contribution in [3.05, 3.63) is 113 Å². The van der Waals surface area contributed by atoms with Gasteiger partial charge in [0, 0.05) is 6.54 Å². The highest BCUT2D eigenvalue weighted by Gasteiger charge is 2.49. The molecule has 2 fully saturated rings. The molecule has 6 rings (SSSR count). The third-order valence-electron chi connectivity index (χ3n) is 7.63. The van der Waals surface area contributed by atoms with Crippen molar-refractivity contribution in [2.24, 2.45) is 0 Å². The summed E-state index contributed by atoms with van der Waals surface area (Å²) in [6.45, 7) is 2.23. The molecule has 0 aliphatic carbocycles. The lowest BCUT2D eigenvalue weighted by molar-refractivity contribution is -0.127. The van der Waals surface area contributed by atoms with E-state index in [1.165, 1.54) is 9.91 Å². The molecule has 0 spiro atoms. The number of benzene rings is 4. The van der Waals surface area contributed by atoms with E-state index in [4.69, 9.17) is 0 Å². The van der Waals surface area contributed by atoms with E-state index in [0.717, 1.165) is 38.6 Å². The van der Waals surface area contributed by atoms with Crippen molar-refractivity contribution in [2.75, 3.05) is 6.54 Å². The number of aryl methyl sites for hydroxylation is 1. The average molecular weight is 550 g/mol. The monoisotopic (exact) mass is 549 g/mol. The topological polar surface area (TPSA) is 114 Å². The first-order valence-electron chi connectivity index (χ1n) is 13.6. The SMILES string of the molecule is Cc1ccc2c(Cc3ccc(O)cc3)cc(CC3NC(=O)CN4C(=O)NN(C(=O)NCc5ccccc5)C34)cc2c1. The summed E-state index contributed by atoms with van der Waals surface area (Å²) in [7, 11) is 0. The number of urea groups is 2. The molecule has 0 bridgehead atoms. The number of hydrogen-bond acceptors (Lipinski definition) is 4. The molecule has 4 aromatic rings. The van der Waals surface area contributed by atoms with Crippen LogP contribution in [0, 0.1) is 6.92 Å². The smallest absolute Gasteiger partial charge is 0.338 e. The Morgan fingerprint density at radius 3 is 2.51 bits per heavy atom. The van der Waals surface area contributed by atoms with Crippen LogP contribution in [0.3, 0.4) is 0 Å². The highest BCUT2D eigenvalue weighted by Crippen LogP contribution is 2.28. The molecular weight excluding hydrogens is 518 g/mol. The number of hydrazine groups is 1. The van der Waals surface area contributed by atoms with Crippen LogP contribution in [0.2, 0.25) is 0 Å². The summed E-state index contributed by atoms with van der Waals surface area (Å²) in [5.41, 5.74) is 7.87.